The first-order valence-electron chi connectivity index (χ1n) is 10.3. The largest absolute Gasteiger partial charge is 0.324 e. The molecular formula is C24H23BrN4O3. The summed E-state index contributed by atoms with van der Waals surface area (Å²) in [6, 6.07) is 16.1. The summed E-state index contributed by atoms with van der Waals surface area (Å²) in [5, 5.41) is 4.26. The van der Waals surface area contributed by atoms with Crippen molar-refractivity contribution in [3.8, 4) is 0 Å². The van der Waals surface area contributed by atoms with Crippen molar-refractivity contribution in [3.63, 3.8) is 0 Å². The van der Waals surface area contributed by atoms with E-state index in [2.05, 4.69) is 21.0 Å². The van der Waals surface area contributed by atoms with Gasteiger partial charge >= 0.3 is 0 Å². The number of amides is 3. The van der Waals surface area contributed by atoms with Crippen LogP contribution in [0.15, 0.2) is 65.3 Å². The standard InChI is InChI=1S/C24H23BrN4O3/c1-16-7-6-10-18(13-16)29-21(30)14-20(23(29)31)28(12-11-17-8-4-3-5-9-17)24(32)22-19(25)15-27(2)26-22/h3-10,13,15,20H,11-12,14H2,1-2H3/t20-/m1/s1. The third-order valence-corrected chi connectivity index (χ3v) is 6.07. The number of aromatic nitrogens is 2. The summed E-state index contributed by atoms with van der Waals surface area (Å²) in [7, 11) is 1.72. The zero-order chi connectivity index (χ0) is 22.8. The van der Waals surface area contributed by atoms with Crippen LogP contribution < -0.4 is 4.90 Å². The fraction of sp³-hybridized carbons (Fsp3) is 0.250. The second-order valence-corrected chi connectivity index (χ2v) is 8.71. The van der Waals surface area contributed by atoms with Gasteiger partial charge in [-0.1, -0.05) is 42.5 Å². The van der Waals surface area contributed by atoms with Gasteiger partial charge in [0.25, 0.3) is 11.8 Å². The Labute approximate surface area is 194 Å². The van der Waals surface area contributed by atoms with Crippen LogP contribution in [0.5, 0.6) is 0 Å². The Morgan fingerprint density at radius 1 is 1.16 bits per heavy atom. The van der Waals surface area contributed by atoms with Gasteiger partial charge in [0.2, 0.25) is 5.91 Å². The first-order chi connectivity index (χ1) is 15.3. The topological polar surface area (TPSA) is 75.5 Å². The smallest absolute Gasteiger partial charge is 0.276 e. The van der Waals surface area contributed by atoms with Gasteiger partial charge in [-0.15, -0.1) is 0 Å². The van der Waals surface area contributed by atoms with Crippen molar-refractivity contribution in [2.45, 2.75) is 25.8 Å². The van der Waals surface area contributed by atoms with Crippen LogP contribution in [0.3, 0.4) is 0 Å². The molecule has 1 aromatic heterocycles. The Kier molecular flexibility index (Phi) is 6.23. The van der Waals surface area contributed by atoms with E-state index in [4.69, 9.17) is 0 Å². The summed E-state index contributed by atoms with van der Waals surface area (Å²) in [5.41, 5.74) is 2.73. The normalized spacial score (nSPS) is 16.0. The molecule has 8 heteroatoms. The van der Waals surface area contributed by atoms with Crippen LogP contribution in [-0.4, -0.2) is 45.0 Å². The fourth-order valence-electron chi connectivity index (χ4n) is 3.93. The summed E-state index contributed by atoms with van der Waals surface area (Å²) in [6.45, 7) is 2.19. The van der Waals surface area contributed by atoms with Crippen LogP contribution in [-0.2, 0) is 23.1 Å². The summed E-state index contributed by atoms with van der Waals surface area (Å²) >= 11 is 3.38. The monoisotopic (exact) mass is 494 g/mol. The zero-order valence-electron chi connectivity index (χ0n) is 17.9. The van der Waals surface area contributed by atoms with Crippen LogP contribution in [0.2, 0.25) is 0 Å². The number of carbonyl (C=O) groups excluding carboxylic acids is 3. The Bertz CT molecular complexity index is 1170. The van der Waals surface area contributed by atoms with E-state index in [0.29, 0.717) is 16.6 Å². The highest BCUT2D eigenvalue weighted by Gasteiger charge is 2.45. The number of carbonyl (C=O) groups is 3. The van der Waals surface area contributed by atoms with E-state index >= 15 is 0 Å². The molecule has 0 bridgehead atoms. The van der Waals surface area contributed by atoms with E-state index in [1.165, 1.54) is 14.5 Å². The second kappa shape index (κ2) is 9.08. The lowest BCUT2D eigenvalue weighted by Gasteiger charge is -2.27. The van der Waals surface area contributed by atoms with Gasteiger partial charge in [0, 0.05) is 19.8 Å². The molecule has 3 aromatic rings. The molecule has 1 aliphatic heterocycles. The summed E-state index contributed by atoms with van der Waals surface area (Å²) in [5.74, 6) is -1.09. The minimum atomic E-state index is -0.881. The number of imide groups is 1. The molecular weight excluding hydrogens is 472 g/mol. The molecule has 0 aliphatic carbocycles. The molecule has 0 saturated carbocycles. The number of rotatable bonds is 6. The van der Waals surface area contributed by atoms with Crippen molar-refractivity contribution in [1.82, 2.24) is 14.7 Å². The molecule has 0 N–H and O–H groups in total. The molecule has 1 fully saturated rings. The van der Waals surface area contributed by atoms with Crippen molar-refractivity contribution in [2.75, 3.05) is 11.4 Å². The van der Waals surface area contributed by atoms with Gasteiger partial charge in [-0.05, 0) is 52.5 Å². The zero-order valence-corrected chi connectivity index (χ0v) is 19.4. The van der Waals surface area contributed by atoms with Gasteiger partial charge in [-0.3, -0.25) is 19.1 Å². The Morgan fingerprint density at radius 2 is 1.91 bits per heavy atom. The summed E-state index contributed by atoms with van der Waals surface area (Å²) in [4.78, 5) is 42.4. The molecule has 32 heavy (non-hydrogen) atoms. The van der Waals surface area contributed by atoms with Gasteiger partial charge in [0.05, 0.1) is 16.6 Å². The van der Waals surface area contributed by atoms with E-state index in [9.17, 15) is 14.4 Å². The van der Waals surface area contributed by atoms with Crippen molar-refractivity contribution in [1.29, 1.82) is 0 Å². The number of benzene rings is 2. The van der Waals surface area contributed by atoms with Gasteiger partial charge in [0.1, 0.15) is 6.04 Å². The maximum absolute atomic E-state index is 13.5. The third kappa shape index (κ3) is 4.36. The lowest BCUT2D eigenvalue weighted by atomic mass is 10.1. The molecule has 0 spiro atoms. The Balaban J connectivity index is 1.65. The van der Waals surface area contributed by atoms with E-state index in [0.717, 1.165) is 11.1 Å². The van der Waals surface area contributed by atoms with Gasteiger partial charge in [0.15, 0.2) is 5.69 Å². The van der Waals surface area contributed by atoms with Gasteiger partial charge in [-0.25, -0.2) is 4.90 Å². The minimum absolute atomic E-state index is 0.0578. The molecule has 2 heterocycles. The van der Waals surface area contributed by atoms with E-state index in [1.54, 1.807) is 25.4 Å². The molecule has 1 aliphatic rings. The molecule has 7 nitrogen and oxygen atoms in total. The number of nitrogens with zero attached hydrogens (tertiary/aromatic N) is 4. The molecule has 4 rings (SSSR count). The summed E-state index contributed by atoms with van der Waals surface area (Å²) < 4.78 is 2.08. The highest BCUT2D eigenvalue weighted by Crippen LogP contribution is 2.28. The SMILES string of the molecule is Cc1cccc(N2C(=O)C[C@@H](N(CCc3ccccc3)C(=O)c3nn(C)cc3Br)C2=O)c1. The molecule has 164 valence electrons. The average Bonchev–Trinajstić information content (AvgIpc) is 3.26. The summed E-state index contributed by atoms with van der Waals surface area (Å²) in [6.07, 6.45) is 2.18. The predicted molar refractivity (Wildman–Crippen MR) is 124 cm³/mol. The molecule has 1 atom stereocenters. The van der Waals surface area contributed by atoms with Crippen LogP contribution in [0.1, 0.15) is 28.0 Å². The van der Waals surface area contributed by atoms with E-state index in [-0.39, 0.29) is 30.5 Å². The lowest BCUT2D eigenvalue weighted by molar-refractivity contribution is -0.122. The van der Waals surface area contributed by atoms with E-state index < -0.39 is 11.9 Å². The lowest BCUT2D eigenvalue weighted by Crippen LogP contribution is -2.46. The number of aryl methyl sites for hydroxylation is 2. The van der Waals surface area contributed by atoms with Gasteiger partial charge in [-0.2, -0.15) is 5.10 Å². The fourth-order valence-corrected chi connectivity index (χ4v) is 4.48. The van der Waals surface area contributed by atoms with E-state index in [1.807, 2.05) is 49.4 Å². The van der Waals surface area contributed by atoms with Crippen LogP contribution in [0.4, 0.5) is 5.69 Å². The van der Waals surface area contributed by atoms with Crippen LogP contribution >= 0.6 is 15.9 Å². The Hall–Kier alpha value is -3.26. The van der Waals surface area contributed by atoms with Crippen LogP contribution in [0.25, 0.3) is 0 Å². The maximum atomic E-state index is 13.5. The first kappa shape index (κ1) is 22.0. The molecule has 0 radical (unpaired) electrons. The average molecular weight is 495 g/mol. The highest BCUT2D eigenvalue weighted by atomic mass is 79.9. The number of hydrogen-bond donors (Lipinski definition) is 0. The van der Waals surface area contributed by atoms with Crippen LogP contribution in [0, 0.1) is 6.92 Å². The quantitative estimate of drug-likeness (QED) is 0.491. The number of hydrogen-bond acceptors (Lipinski definition) is 4. The maximum Gasteiger partial charge on any atom is 0.276 e. The number of halogens is 1. The number of anilines is 1. The molecule has 2 aromatic carbocycles. The van der Waals surface area contributed by atoms with Crippen molar-refractivity contribution < 1.29 is 14.4 Å². The Morgan fingerprint density at radius 3 is 2.56 bits per heavy atom. The van der Waals surface area contributed by atoms with Crippen molar-refractivity contribution >= 4 is 39.3 Å². The third-order valence-electron chi connectivity index (χ3n) is 5.49. The second-order valence-electron chi connectivity index (χ2n) is 7.86. The predicted octanol–water partition coefficient (Wildman–Crippen LogP) is 3.51. The van der Waals surface area contributed by atoms with Crippen molar-refractivity contribution in [2.24, 2.45) is 7.05 Å². The molecule has 1 saturated heterocycles. The van der Waals surface area contributed by atoms with Gasteiger partial charge < -0.3 is 4.90 Å². The van der Waals surface area contributed by atoms with Crippen molar-refractivity contribution in [3.05, 3.63) is 82.1 Å². The highest BCUT2D eigenvalue weighted by molar-refractivity contribution is 9.10. The molecule has 0 unspecified atom stereocenters. The molecule has 3 amide bonds. The minimum Gasteiger partial charge on any atom is -0.324 e. The first-order valence-corrected chi connectivity index (χ1v) is 11.1.